The molecule has 0 bridgehead atoms. The Morgan fingerprint density at radius 1 is 1.50 bits per heavy atom. The average molecular weight is 198 g/mol. The van der Waals surface area contributed by atoms with Crippen LogP contribution in [0, 0.1) is 5.92 Å². The number of hydrogen-bond donors (Lipinski definition) is 1. The van der Waals surface area contributed by atoms with Crippen molar-refractivity contribution in [3.05, 3.63) is 0 Å². The zero-order chi connectivity index (χ0) is 10.7. The Balaban J connectivity index is 2.33. The largest absolute Gasteiger partial charge is 0.305 e. The Hall–Kier alpha value is -0.900. The van der Waals surface area contributed by atoms with Crippen LogP contribution in [0.25, 0.3) is 0 Å². The molecule has 14 heavy (non-hydrogen) atoms. The van der Waals surface area contributed by atoms with Gasteiger partial charge in [0.1, 0.15) is 0 Å². The highest BCUT2D eigenvalue weighted by Crippen LogP contribution is 2.10. The number of carbonyl (C=O) groups excluding carboxylic acids is 2. The minimum Gasteiger partial charge on any atom is -0.305 e. The minimum absolute atomic E-state index is 0.0861. The number of likely N-dealkylation sites (N-methyl/N-ethyl adjacent to an activating group) is 1. The van der Waals surface area contributed by atoms with Gasteiger partial charge in [-0.15, -0.1) is 0 Å². The lowest BCUT2D eigenvalue weighted by Crippen LogP contribution is -2.37. The van der Waals surface area contributed by atoms with Crippen LogP contribution in [0.5, 0.6) is 0 Å². The van der Waals surface area contributed by atoms with E-state index in [1.54, 1.807) is 0 Å². The maximum atomic E-state index is 11.4. The van der Waals surface area contributed by atoms with Crippen LogP contribution in [0.15, 0.2) is 0 Å². The highest BCUT2D eigenvalue weighted by Gasteiger charge is 2.35. The lowest BCUT2D eigenvalue weighted by Gasteiger charge is -2.11. The highest BCUT2D eigenvalue weighted by atomic mass is 16.2. The fraction of sp³-hybridized carbons (Fsp3) is 0.800. The zero-order valence-electron chi connectivity index (χ0n) is 9.04. The maximum absolute atomic E-state index is 11.4. The van der Waals surface area contributed by atoms with Crippen molar-refractivity contribution in [1.29, 1.82) is 0 Å². The second kappa shape index (κ2) is 4.55. The van der Waals surface area contributed by atoms with Gasteiger partial charge in [0, 0.05) is 7.05 Å². The molecule has 2 amide bonds. The molecule has 0 spiro atoms. The van der Waals surface area contributed by atoms with Crippen molar-refractivity contribution in [2.75, 3.05) is 13.6 Å². The monoisotopic (exact) mass is 198 g/mol. The Kier molecular flexibility index (Phi) is 3.63. The first-order valence-electron chi connectivity index (χ1n) is 5.06. The second-order valence-corrected chi connectivity index (χ2v) is 4.18. The Bertz CT molecular complexity index is 238. The Morgan fingerprint density at radius 3 is 2.57 bits per heavy atom. The van der Waals surface area contributed by atoms with Crippen LogP contribution in [0.3, 0.4) is 0 Å². The second-order valence-electron chi connectivity index (χ2n) is 4.18. The predicted molar refractivity (Wildman–Crippen MR) is 53.6 cm³/mol. The lowest BCUT2D eigenvalue weighted by molar-refractivity contribution is -0.137. The van der Waals surface area contributed by atoms with E-state index in [-0.39, 0.29) is 17.9 Å². The fourth-order valence-corrected chi connectivity index (χ4v) is 1.46. The van der Waals surface area contributed by atoms with E-state index < -0.39 is 0 Å². The van der Waals surface area contributed by atoms with Crippen LogP contribution in [-0.4, -0.2) is 36.3 Å². The van der Waals surface area contributed by atoms with Gasteiger partial charge in [-0.25, -0.2) is 0 Å². The van der Waals surface area contributed by atoms with Crippen molar-refractivity contribution in [3.63, 3.8) is 0 Å². The number of nitrogens with one attached hydrogen (secondary N) is 1. The first-order chi connectivity index (χ1) is 6.52. The first kappa shape index (κ1) is 11.2. The van der Waals surface area contributed by atoms with Crippen molar-refractivity contribution in [3.8, 4) is 0 Å². The summed E-state index contributed by atoms with van der Waals surface area (Å²) >= 11 is 0. The van der Waals surface area contributed by atoms with Crippen molar-refractivity contribution in [1.82, 2.24) is 10.2 Å². The third kappa shape index (κ3) is 2.54. The molecule has 1 unspecified atom stereocenters. The van der Waals surface area contributed by atoms with E-state index in [4.69, 9.17) is 0 Å². The molecule has 1 saturated heterocycles. The molecule has 1 heterocycles. The van der Waals surface area contributed by atoms with Gasteiger partial charge in [-0.05, 0) is 18.9 Å². The zero-order valence-corrected chi connectivity index (χ0v) is 9.04. The molecule has 1 fully saturated rings. The van der Waals surface area contributed by atoms with Crippen LogP contribution >= 0.6 is 0 Å². The summed E-state index contributed by atoms with van der Waals surface area (Å²) in [6.07, 6.45) is 1.34. The molecule has 1 aliphatic rings. The van der Waals surface area contributed by atoms with Gasteiger partial charge in [0.05, 0.1) is 12.5 Å². The van der Waals surface area contributed by atoms with Crippen LogP contribution in [-0.2, 0) is 9.59 Å². The lowest BCUT2D eigenvalue weighted by atomic mass is 10.1. The quantitative estimate of drug-likeness (QED) is 0.664. The fourth-order valence-electron chi connectivity index (χ4n) is 1.46. The molecule has 80 valence electrons. The molecule has 0 aromatic carbocycles. The van der Waals surface area contributed by atoms with E-state index in [1.165, 1.54) is 11.9 Å². The number of hydrogen-bond acceptors (Lipinski definition) is 3. The molecule has 1 aliphatic heterocycles. The summed E-state index contributed by atoms with van der Waals surface area (Å²) < 4.78 is 0. The van der Waals surface area contributed by atoms with Gasteiger partial charge in [0.25, 0.3) is 0 Å². The molecule has 1 atom stereocenters. The van der Waals surface area contributed by atoms with E-state index in [1.807, 2.05) is 0 Å². The third-order valence-electron chi connectivity index (χ3n) is 2.49. The van der Waals surface area contributed by atoms with Gasteiger partial charge in [-0.3, -0.25) is 14.5 Å². The molecule has 0 saturated carbocycles. The predicted octanol–water partition coefficient (Wildman–Crippen LogP) is 0.379. The molecule has 4 nitrogen and oxygen atoms in total. The standard InChI is InChI=1S/C10H18N2O2/c1-7(2)4-5-11-8-6-9(13)12(3)10(8)14/h7-8,11H,4-6H2,1-3H3. The number of amides is 2. The van der Waals surface area contributed by atoms with E-state index in [0.29, 0.717) is 12.3 Å². The van der Waals surface area contributed by atoms with Crippen LogP contribution in [0.1, 0.15) is 26.7 Å². The molecule has 0 radical (unpaired) electrons. The maximum Gasteiger partial charge on any atom is 0.246 e. The number of imide groups is 1. The Labute approximate surface area is 84.7 Å². The highest BCUT2D eigenvalue weighted by molar-refractivity contribution is 6.05. The van der Waals surface area contributed by atoms with Crippen molar-refractivity contribution in [2.45, 2.75) is 32.7 Å². The molecule has 1 N–H and O–H groups in total. The van der Waals surface area contributed by atoms with E-state index >= 15 is 0 Å². The Morgan fingerprint density at radius 2 is 2.14 bits per heavy atom. The molecule has 0 aliphatic carbocycles. The summed E-state index contributed by atoms with van der Waals surface area (Å²) in [5.74, 6) is 0.434. The van der Waals surface area contributed by atoms with Gasteiger partial charge >= 0.3 is 0 Å². The molecule has 1 rings (SSSR count). The van der Waals surface area contributed by atoms with Gasteiger partial charge in [0.2, 0.25) is 11.8 Å². The smallest absolute Gasteiger partial charge is 0.246 e. The van der Waals surface area contributed by atoms with E-state index in [0.717, 1.165) is 13.0 Å². The van der Waals surface area contributed by atoms with Crippen LogP contribution in [0.2, 0.25) is 0 Å². The molecular weight excluding hydrogens is 180 g/mol. The van der Waals surface area contributed by atoms with Gasteiger partial charge < -0.3 is 5.32 Å². The number of nitrogens with zero attached hydrogens (tertiary/aromatic N) is 1. The number of carbonyl (C=O) groups is 2. The SMILES string of the molecule is CC(C)CCNC1CC(=O)N(C)C1=O. The average Bonchev–Trinajstić information content (AvgIpc) is 2.33. The van der Waals surface area contributed by atoms with Gasteiger partial charge in [-0.1, -0.05) is 13.8 Å². The topological polar surface area (TPSA) is 49.4 Å². The summed E-state index contributed by atoms with van der Waals surface area (Å²) in [5.41, 5.74) is 0. The molecule has 4 heteroatoms. The summed E-state index contributed by atoms with van der Waals surface area (Å²) in [4.78, 5) is 23.8. The summed E-state index contributed by atoms with van der Waals surface area (Å²) in [6, 6.07) is -0.286. The van der Waals surface area contributed by atoms with Crippen LogP contribution in [0.4, 0.5) is 0 Å². The molecular formula is C10H18N2O2. The molecule has 0 aromatic heterocycles. The third-order valence-corrected chi connectivity index (χ3v) is 2.49. The van der Waals surface area contributed by atoms with Crippen molar-refractivity contribution >= 4 is 11.8 Å². The van der Waals surface area contributed by atoms with E-state index in [9.17, 15) is 9.59 Å². The molecule has 0 aromatic rings. The minimum atomic E-state index is -0.286. The van der Waals surface area contributed by atoms with Gasteiger partial charge in [0.15, 0.2) is 0 Å². The van der Waals surface area contributed by atoms with Gasteiger partial charge in [-0.2, -0.15) is 0 Å². The first-order valence-corrected chi connectivity index (χ1v) is 5.06. The normalized spacial score (nSPS) is 22.6. The van der Waals surface area contributed by atoms with Crippen LogP contribution < -0.4 is 5.32 Å². The number of rotatable bonds is 4. The number of likely N-dealkylation sites (tertiary alicyclic amines) is 1. The summed E-state index contributed by atoms with van der Waals surface area (Å²) in [5, 5.41) is 3.11. The summed E-state index contributed by atoms with van der Waals surface area (Å²) in [7, 11) is 1.54. The summed E-state index contributed by atoms with van der Waals surface area (Å²) in [6.45, 7) is 5.07. The van der Waals surface area contributed by atoms with Crippen molar-refractivity contribution in [2.24, 2.45) is 5.92 Å². The van der Waals surface area contributed by atoms with Crippen molar-refractivity contribution < 1.29 is 9.59 Å². The van der Waals surface area contributed by atoms with E-state index in [2.05, 4.69) is 19.2 Å².